The minimum absolute atomic E-state index is 0.0168. The first-order valence-electron chi connectivity index (χ1n) is 10.5. The van der Waals surface area contributed by atoms with Crippen molar-refractivity contribution >= 4 is 29.2 Å². The van der Waals surface area contributed by atoms with Gasteiger partial charge in [0.1, 0.15) is 11.7 Å². The van der Waals surface area contributed by atoms with Gasteiger partial charge < -0.3 is 30.7 Å². The number of hydrogen-bond acceptors (Lipinski definition) is 6. The number of ether oxygens (including phenoxy) is 1. The zero-order chi connectivity index (χ0) is 24.6. The van der Waals surface area contributed by atoms with Crippen molar-refractivity contribution in [2.45, 2.75) is 18.2 Å². The maximum atomic E-state index is 14.4. The van der Waals surface area contributed by atoms with Crippen LogP contribution in [0, 0.1) is 11.2 Å². The Morgan fingerprint density at radius 1 is 1.24 bits per heavy atom. The molecule has 2 aromatic carbocycles. The van der Waals surface area contributed by atoms with Crippen LogP contribution >= 0.6 is 0 Å². The van der Waals surface area contributed by atoms with Crippen molar-refractivity contribution in [1.82, 2.24) is 15.5 Å². The largest absolute Gasteiger partial charge is 0.379 e. The third-order valence-electron chi connectivity index (χ3n) is 5.82. The van der Waals surface area contributed by atoms with E-state index in [0.717, 1.165) is 17.7 Å². The number of carbonyl (C=O) groups excluding carboxylic acids is 3. The zero-order valence-electron chi connectivity index (χ0n) is 18.6. The van der Waals surface area contributed by atoms with Crippen LogP contribution in [0.25, 0.3) is 0 Å². The number of nitrogens with zero attached hydrogens (tertiary/aromatic N) is 1. The van der Waals surface area contributed by atoms with Crippen molar-refractivity contribution < 1.29 is 28.6 Å². The van der Waals surface area contributed by atoms with E-state index >= 15 is 0 Å². The molecular formula is C23H24FN5O5. The van der Waals surface area contributed by atoms with Gasteiger partial charge in [0.05, 0.1) is 12.2 Å². The predicted octanol–water partition coefficient (Wildman–Crippen LogP) is 0.297. The molecular weight excluding hydrogens is 445 g/mol. The van der Waals surface area contributed by atoms with Gasteiger partial charge in [0.15, 0.2) is 6.10 Å². The summed E-state index contributed by atoms with van der Waals surface area (Å²) >= 11 is 0. The minimum atomic E-state index is -2.20. The highest BCUT2D eigenvalue weighted by Crippen LogP contribution is 2.34. The second-order valence-electron chi connectivity index (χ2n) is 8.23. The maximum absolute atomic E-state index is 14.4. The summed E-state index contributed by atoms with van der Waals surface area (Å²) in [6.07, 6.45) is -2.02. The van der Waals surface area contributed by atoms with Gasteiger partial charge in [-0.05, 0) is 41.5 Å². The van der Waals surface area contributed by atoms with Crippen LogP contribution in [0.3, 0.4) is 0 Å². The topological polar surface area (TPSA) is 144 Å². The molecule has 0 unspecified atom stereocenters. The molecule has 1 saturated heterocycles. The highest BCUT2D eigenvalue weighted by molar-refractivity contribution is 6.03. The highest BCUT2D eigenvalue weighted by atomic mass is 19.1. The van der Waals surface area contributed by atoms with Gasteiger partial charge in [0.25, 0.3) is 17.7 Å². The molecule has 1 fully saturated rings. The molecule has 0 bridgehead atoms. The lowest BCUT2D eigenvalue weighted by molar-refractivity contribution is -0.181. The average Bonchev–Trinajstić information content (AvgIpc) is 3.19. The molecule has 2 atom stereocenters. The number of rotatable bonds is 5. The van der Waals surface area contributed by atoms with Gasteiger partial charge in [0.2, 0.25) is 5.60 Å². The van der Waals surface area contributed by atoms with Crippen molar-refractivity contribution in [3.63, 3.8) is 0 Å². The lowest BCUT2D eigenvalue weighted by atomic mass is 9.84. The third kappa shape index (κ3) is 3.88. The number of carbonyl (C=O) groups is 3. The van der Waals surface area contributed by atoms with Crippen molar-refractivity contribution in [2.24, 2.45) is 0 Å². The summed E-state index contributed by atoms with van der Waals surface area (Å²) in [5.41, 5.74) is -0.708. The first-order chi connectivity index (χ1) is 16.1. The van der Waals surface area contributed by atoms with E-state index in [1.54, 1.807) is 18.2 Å². The van der Waals surface area contributed by atoms with Crippen LogP contribution in [0.5, 0.6) is 0 Å². The van der Waals surface area contributed by atoms with Gasteiger partial charge in [0, 0.05) is 38.4 Å². The molecule has 10 nitrogen and oxygen atoms in total. The summed E-state index contributed by atoms with van der Waals surface area (Å²) in [5, 5.41) is 26.9. The lowest BCUT2D eigenvalue weighted by Gasteiger charge is -2.39. The fourth-order valence-corrected chi connectivity index (χ4v) is 4.05. The van der Waals surface area contributed by atoms with Crippen molar-refractivity contribution in [2.75, 3.05) is 32.6 Å². The number of morpholine rings is 1. The highest BCUT2D eigenvalue weighted by Gasteiger charge is 2.53. The molecule has 0 spiro atoms. The second-order valence-corrected chi connectivity index (χ2v) is 8.23. The summed E-state index contributed by atoms with van der Waals surface area (Å²) in [6.45, 7) is 0.564. The smallest absolute Gasteiger partial charge is 0.260 e. The van der Waals surface area contributed by atoms with Crippen LogP contribution in [0.1, 0.15) is 27.0 Å². The van der Waals surface area contributed by atoms with E-state index in [-0.39, 0.29) is 30.1 Å². The molecule has 2 heterocycles. The van der Waals surface area contributed by atoms with Crippen LogP contribution in [-0.4, -0.2) is 66.9 Å². The van der Waals surface area contributed by atoms with Gasteiger partial charge in [-0.25, -0.2) is 4.39 Å². The third-order valence-corrected chi connectivity index (χ3v) is 5.82. The SMILES string of the molecule is CN(C)C(=O)c1cc([C@]2([C@@H](O)C(=O)Nc3ccc4c(c3)CNC4=N)OCCNC2=O)ccc1F. The van der Waals surface area contributed by atoms with Crippen LogP contribution in [0.2, 0.25) is 0 Å². The van der Waals surface area contributed by atoms with Crippen LogP contribution in [0.4, 0.5) is 10.1 Å². The number of halogens is 1. The first-order valence-corrected chi connectivity index (χ1v) is 10.5. The molecule has 2 aliphatic rings. The summed E-state index contributed by atoms with van der Waals surface area (Å²) in [7, 11) is 2.90. The Morgan fingerprint density at radius 3 is 2.71 bits per heavy atom. The van der Waals surface area contributed by atoms with Gasteiger partial charge in [-0.2, -0.15) is 0 Å². The fraction of sp³-hybridized carbons (Fsp3) is 0.304. The second kappa shape index (κ2) is 8.84. The molecule has 4 rings (SSSR count). The molecule has 0 aromatic heterocycles. The van der Waals surface area contributed by atoms with E-state index in [9.17, 15) is 23.9 Å². The molecule has 11 heteroatoms. The summed E-state index contributed by atoms with van der Waals surface area (Å²) in [5.74, 6) is -2.91. The number of amidine groups is 1. The molecule has 2 aromatic rings. The molecule has 5 N–H and O–H groups in total. The van der Waals surface area contributed by atoms with Crippen molar-refractivity contribution in [3.8, 4) is 0 Å². The zero-order valence-corrected chi connectivity index (χ0v) is 18.6. The fourth-order valence-electron chi connectivity index (χ4n) is 4.05. The number of hydrogen-bond donors (Lipinski definition) is 5. The van der Waals surface area contributed by atoms with Crippen molar-refractivity contribution in [1.29, 1.82) is 5.41 Å². The molecule has 0 saturated carbocycles. The Balaban J connectivity index is 1.69. The van der Waals surface area contributed by atoms with Crippen LogP contribution < -0.4 is 16.0 Å². The average molecular weight is 469 g/mol. The normalized spacial score (nSPS) is 20.1. The number of aliphatic hydroxyl groups is 1. The van der Waals surface area contributed by atoms with Gasteiger partial charge in [-0.15, -0.1) is 0 Å². The molecule has 0 radical (unpaired) electrons. The monoisotopic (exact) mass is 469 g/mol. The van der Waals surface area contributed by atoms with Gasteiger partial charge in [-0.1, -0.05) is 6.07 Å². The number of nitrogens with one attached hydrogen (secondary N) is 4. The standard InChI is InChI=1S/C23H24FN5O5/c1-29(2)21(32)16-10-13(3-6-17(16)24)23(22(33)26-7-8-34-23)18(30)20(31)28-14-4-5-15-12(9-14)11-27-19(15)25/h3-6,9-10,18,30H,7-8,11H2,1-2H3,(H2,25,27)(H,26,33)(H,28,31)/t18-,23+/m0/s1. The number of benzene rings is 2. The van der Waals surface area contributed by atoms with E-state index in [1.807, 2.05) is 0 Å². The first kappa shape index (κ1) is 23.3. The molecule has 2 aliphatic heterocycles. The summed E-state index contributed by atoms with van der Waals surface area (Å²) in [6, 6.07) is 8.21. The quantitative estimate of drug-likeness (QED) is 0.426. The van der Waals surface area contributed by atoms with E-state index in [2.05, 4.69) is 16.0 Å². The number of aliphatic hydroxyl groups excluding tert-OH is 1. The number of amides is 3. The van der Waals surface area contributed by atoms with E-state index in [4.69, 9.17) is 10.1 Å². The van der Waals surface area contributed by atoms with E-state index in [0.29, 0.717) is 17.8 Å². The summed E-state index contributed by atoms with van der Waals surface area (Å²) in [4.78, 5) is 39.7. The minimum Gasteiger partial charge on any atom is -0.379 e. The Hall–Kier alpha value is -3.83. The maximum Gasteiger partial charge on any atom is 0.260 e. The Kier molecular flexibility index (Phi) is 6.07. The van der Waals surface area contributed by atoms with Crippen molar-refractivity contribution in [3.05, 3.63) is 64.5 Å². The molecule has 178 valence electrons. The van der Waals surface area contributed by atoms with E-state index in [1.165, 1.54) is 25.1 Å². The number of fused-ring (bicyclic) bond motifs is 1. The van der Waals surface area contributed by atoms with Gasteiger partial charge >= 0.3 is 0 Å². The lowest BCUT2D eigenvalue weighted by Crippen LogP contribution is -2.61. The Morgan fingerprint density at radius 2 is 2.00 bits per heavy atom. The van der Waals surface area contributed by atoms with Gasteiger partial charge in [-0.3, -0.25) is 19.8 Å². The van der Waals surface area contributed by atoms with E-state index < -0.39 is 35.2 Å². The predicted molar refractivity (Wildman–Crippen MR) is 120 cm³/mol. The Labute approximate surface area is 194 Å². The number of anilines is 1. The molecule has 0 aliphatic carbocycles. The van der Waals surface area contributed by atoms with Crippen LogP contribution in [-0.2, 0) is 26.5 Å². The molecule has 3 amide bonds. The Bertz CT molecular complexity index is 1200. The molecule has 34 heavy (non-hydrogen) atoms. The summed E-state index contributed by atoms with van der Waals surface area (Å²) < 4.78 is 20.1. The van der Waals surface area contributed by atoms with Crippen LogP contribution in [0.15, 0.2) is 36.4 Å².